The van der Waals surface area contributed by atoms with E-state index in [-0.39, 0.29) is 18.1 Å². The number of benzene rings is 2. The zero-order valence-corrected chi connectivity index (χ0v) is 15.0. The molecule has 3 rings (SSSR count). The Hall–Kier alpha value is -2.53. The lowest BCUT2D eigenvalue weighted by Crippen LogP contribution is -2.45. The van der Waals surface area contributed by atoms with Gasteiger partial charge in [0.15, 0.2) is 0 Å². The Labute approximate surface area is 148 Å². The van der Waals surface area contributed by atoms with Crippen molar-refractivity contribution in [2.24, 2.45) is 0 Å². The fourth-order valence-electron chi connectivity index (χ4n) is 3.30. The predicted octanol–water partition coefficient (Wildman–Crippen LogP) is 3.44. The zero-order valence-electron chi connectivity index (χ0n) is 15.0. The quantitative estimate of drug-likeness (QED) is 0.841. The molecule has 1 aliphatic rings. The van der Waals surface area contributed by atoms with E-state index in [9.17, 15) is 4.79 Å². The number of rotatable bonds is 3. The van der Waals surface area contributed by atoms with Crippen LogP contribution in [0.4, 0.5) is 17.1 Å². The summed E-state index contributed by atoms with van der Waals surface area (Å²) in [5.74, 6) is -0.147. The zero-order chi connectivity index (χ0) is 18.0. The van der Waals surface area contributed by atoms with Gasteiger partial charge in [0.1, 0.15) is 0 Å². The van der Waals surface area contributed by atoms with Gasteiger partial charge in [0.05, 0.1) is 23.6 Å². The molecule has 25 heavy (non-hydrogen) atoms. The normalized spacial score (nSPS) is 20.4. The van der Waals surface area contributed by atoms with Gasteiger partial charge in [0.25, 0.3) is 5.91 Å². The molecule has 3 N–H and O–H groups in total. The first-order chi connectivity index (χ1) is 11.9. The number of morpholine rings is 1. The molecule has 0 aromatic heterocycles. The number of carbonyl (C=O) groups is 1. The maximum Gasteiger partial charge on any atom is 0.256 e. The average molecular weight is 339 g/mol. The molecular formula is C20H25N3O2. The number of nitrogen functional groups attached to an aromatic ring is 1. The molecule has 132 valence electrons. The second kappa shape index (κ2) is 7.15. The lowest BCUT2D eigenvalue weighted by molar-refractivity contribution is -0.00517. The Morgan fingerprint density at radius 2 is 1.84 bits per heavy atom. The number of ether oxygens (including phenoxy) is 1. The summed E-state index contributed by atoms with van der Waals surface area (Å²) in [5.41, 5.74) is 9.73. The first-order valence-corrected chi connectivity index (χ1v) is 8.61. The Balaban J connectivity index is 1.86. The van der Waals surface area contributed by atoms with Gasteiger partial charge in [0.2, 0.25) is 0 Å². The summed E-state index contributed by atoms with van der Waals surface area (Å²) in [7, 11) is 0. The van der Waals surface area contributed by atoms with E-state index in [1.165, 1.54) is 0 Å². The average Bonchev–Trinajstić information content (AvgIpc) is 2.56. The summed E-state index contributed by atoms with van der Waals surface area (Å²) in [6.07, 6.45) is 0.312. The van der Waals surface area contributed by atoms with E-state index in [0.717, 1.165) is 30.0 Å². The monoisotopic (exact) mass is 339 g/mol. The number of hydrogen-bond donors (Lipinski definition) is 2. The summed E-state index contributed by atoms with van der Waals surface area (Å²) in [4.78, 5) is 15.0. The first-order valence-electron chi connectivity index (χ1n) is 8.61. The summed E-state index contributed by atoms with van der Waals surface area (Å²) in [5, 5.41) is 3.04. The van der Waals surface area contributed by atoms with E-state index in [1.54, 1.807) is 12.1 Å². The van der Waals surface area contributed by atoms with E-state index in [1.807, 2.05) is 37.3 Å². The topological polar surface area (TPSA) is 67.6 Å². The molecule has 1 heterocycles. The predicted molar refractivity (Wildman–Crippen MR) is 102 cm³/mol. The standard InChI is InChI=1S/C20H25N3O2/c1-13-8-9-16(21)10-17(13)20(24)22-18-6-4-5-7-19(18)23-11-14(2)25-15(3)12-23/h4-10,14-15H,11-12,21H2,1-3H3,(H,22,24). The smallest absolute Gasteiger partial charge is 0.256 e. The summed E-state index contributed by atoms with van der Waals surface area (Å²) >= 11 is 0. The summed E-state index contributed by atoms with van der Waals surface area (Å²) in [6, 6.07) is 13.3. The van der Waals surface area contributed by atoms with Crippen LogP contribution in [-0.4, -0.2) is 31.2 Å². The van der Waals surface area contributed by atoms with Crippen LogP contribution >= 0.6 is 0 Å². The van der Waals surface area contributed by atoms with Crippen molar-refractivity contribution in [3.05, 3.63) is 53.6 Å². The minimum atomic E-state index is -0.147. The van der Waals surface area contributed by atoms with Gasteiger partial charge in [-0.05, 0) is 50.6 Å². The van der Waals surface area contributed by atoms with E-state index >= 15 is 0 Å². The van der Waals surface area contributed by atoms with Crippen molar-refractivity contribution in [1.29, 1.82) is 0 Å². The van der Waals surface area contributed by atoms with Crippen molar-refractivity contribution in [2.45, 2.75) is 33.0 Å². The number of carbonyl (C=O) groups excluding carboxylic acids is 1. The third kappa shape index (κ3) is 3.94. The van der Waals surface area contributed by atoms with Crippen LogP contribution in [0.15, 0.2) is 42.5 Å². The molecule has 2 atom stereocenters. The first kappa shape index (κ1) is 17.3. The highest BCUT2D eigenvalue weighted by molar-refractivity contribution is 6.07. The molecule has 0 saturated carbocycles. The van der Waals surface area contributed by atoms with Crippen molar-refractivity contribution >= 4 is 23.0 Å². The van der Waals surface area contributed by atoms with Crippen LogP contribution in [0.25, 0.3) is 0 Å². The number of nitrogens with one attached hydrogen (secondary N) is 1. The van der Waals surface area contributed by atoms with Crippen molar-refractivity contribution in [3.8, 4) is 0 Å². The molecule has 2 unspecified atom stereocenters. The maximum atomic E-state index is 12.7. The van der Waals surface area contributed by atoms with Crippen LogP contribution in [0, 0.1) is 6.92 Å². The van der Waals surface area contributed by atoms with E-state index in [4.69, 9.17) is 10.5 Å². The van der Waals surface area contributed by atoms with Gasteiger partial charge in [-0.15, -0.1) is 0 Å². The largest absolute Gasteiger partial charge is 0.399 e. The van der Waals surface area contributed by atoms with E-state index < -0.39 is 0 Å². The fraction of sp³-hybridized carbons (Fsp3) is 0.350. The minimum absolute atomic E-state index is 0.147. The van der Waals surface area contributed by atoms with Crippen LogP contribution in [-0.2, 0) is 4.74 Å². The lowest BCUT2D eigenvalue weighted by atomic mass is 10.1. The van der Waals surface area contributed by atoms with Gasteiger partial charge in [-0.25, -0.2) is 0 Å². The fourth-order valence-corrected chi connectivity index (χ4v) is 3.30. The molecular weight excluding hydrogens is 314 g/mol. The van der Waals surface area contributed by atoms with Crippen LogP contribution < -0.4 is 16.0 Å². The van der Waals surface area contributed by atoms with Crippen molar-refractivity contribution in [2.75, 3.05) is 29.0 Å². The molecule has 2 aromatic carbocycles. The third-order valence-corrected chi connectivity index (χ3v) is 4.42. The number of amides is 1. The van der Waals surface area contributed by atoms with Crippen LogP contribution in [0.3, 0.4) is 0 Å². The molecule has 0 aliphatic carbocycles. The number of aryl methyl sites for hydroxylation is 1. The summed E-state index contributed by atoms with van der Waals surface area (Å²) in [6.45, 7) is 7.65. The Kier molecular flexibility index (Phi) is 4.95. The molecule has 2 aromatic rings. The van der Waals surface area contributed by atoms with Crippen molar-refractivity contribution < 1.29 is 9.53 Å². The van der Waals surface area contributed by atoms with Crippen LogP contribution in [0.2, 0.25) is 0 Å². The Morgan fingerprint density at radius 1 is 1.16 bits per heavy atom. The highest BCUT2D eigenvalue weighted by Crippen LogP contribution is 2.29. The summed E-state index contributed by atoms with van der Waals surface area (Å²) < 4.78 is 5.81. The molecule has 0 bridgehead atoms. The molecule has 1 saturated heterocycles. The number of anilines is 3. The Bertz CT molecular complexity index is 765. The van der Waals surface area contributed by atoms with Crippen molar-refractivity contribution in [1.82, 2.24) is 0 Å². The molecule has 0 radical (unpaired) electrons. The molecule has 1 fully saturated rings. The second-order valence-corrected chi connectivity index (χ2v) is 6.71. The molecule has 5 nitrogen and oxygen atoms in total. The van der Waals surface area contributed by atoms with Crippen molar-refractivity contribution in [3.63, 3.8) is 0 Å². The third-order valence-electron chi connectivity index (χ3n) is 4.42. The molecule has 0 spiro atoms. The lowest BCUT2D eigenvalue weighted by Gasteiger charge is -2.37. The number of hydrogen-bond acceptors (Lipinski definition) is 4. The van der Waals surface area contributed by atoms with Gasteiger partial charge < -0.3 is 20.7 Å². The highest BCUT2D eigenvalue weighted by Gasteiger charge is 2.24. The highest BCUT2D eigenvalue weighted by atomic mass is 16.5. The second-order valence-electron chi connectivity index (χ2n) is 6.71. The minimum Gasteiger partial charge on any atom is -0.399 e. The van der Waals surface area contributed by atoms with Crippen LogP contribution in [0.5, 0.6) is 0 Å². The Morgan fingerprint density at radius 3 is 2.56 bits per heavy atom. The van der Waals surface area contributed by atoms with E-state index in [2.05, 4.69) is 24.1 Å². The van der Waals surface area contributed by atoms with Gasteiger partial charge >= 0.3 is 0 Å². The van der Waals surface area contributed by atoms with Gasteiger partial charge in [-0.1, -0.05) is 18.2 Å². The number of nitrogens with zero attached hydrogens (tertiary/aromatic N) is 1. The molecule has 1 amide bonds. The van der Waals surface area contributed by atoms with Crippen LogP contribution in [0.1, 0.15) is 29.8 Å². The molecule has 5 heteroatoms. The number of nitrogens with two attached hydrogens (primary N) is 1. The van der Waals surface area contributed by atoms with Gasteiger partial charge in [-0.2, -0.15) is 0 Å². The van der Waals surface area contributed by atoms with E-state index in [0.29, 0.717) is 11.3 Å². The SMILES string of the molecule is Cc1ccc(N)cc1C(=O)Nc1ccccc1N1CC(C)OC(C)C1. The van der Waals surface area contributed by atoms with Gasteiger partial charge in [0, 0.05) is 24.3 Å². The molecule has 1 aliphatic heterocycles. The maximum absolute atomic E-state index is 12.7. The van der Waals surface area contributed by atoms with Gasteiger partial charge in [-0.3, -0.25) is 4.79 Å². The number of para-hydroxylation sites is 2.